The van der Waals surface area contributed by atoms with Crippen LogP contribution in [0.5, 0.6) is 23.0 Å². The molecule has 2 N–H and O–H groups in total. The van der Waals surface area contributed by atoms with Gasteiger partial charge in [0.25, 0.3) is 5.91 Å². The van der Waals surface area contributed by atoms with E-state index in [9.17, 15) is 19.1 Å². The molecule has 10 heteroatoms. The van der Waals surface area contributed by atoms with Crippen molar-refractivity contribution in [2.45, 2.75) is 45.4 Å². The minimum Gasteiger partial charge on any atom is -0.503 e. The minimum absolute atomic E-state index is 0.0651. The molecule has 0 aliphatic rings. The average Bonchev–Trinajstić information content (AvgIpc) is 2.91. The summed E-state index contributed by atoms with van der Waals surface area (Å²) in [6.07, 6.45) is 0.269. The van der Waals surface area contributed by atoms with Crippen molar-refractivity contribution in [2.75, 3.05) is 13.7 Å². The van der Waals surface area contributed by atoms with Gasteiger partial charge in [-0.2, -0.15) is 0 Å². The lowest BCUT2D eigenvalue weighted by Gasteiger charge is -2.28. The quantitative estimate of drug-likeness (QED) is 0.329. The molecule has 0 aliphatic carbocycles. The van der Waals surface area contributed by atoms with Crippen molar-refractivity contribution >= 4 is 11.9 Å². The molecule has 3 rings (SSSR count). The summed E-state index contributed by atoms with van der Waals surface area (Å²) in [5.74, 6) is -1.63. The molecule has 0 saturated heterocycles. The van der Waals surface area contributed by atoms with Gasteiger partial charge >= 0.3 is 5.97 Å². The van der Waals surface area contributed by atoms with Gasteiger partial charge in [0.1, 0.15) is 29.5 Å². The normalized spacial score (nSPS) is 13.1. The average molecular weight is 527 g/mol. The van der Waals surface area contributed by atoms with Gasteiger partial charge in [-0.3, -0.25) is 4.79 Å². The van der Waals surface area contributed by atoms with Crippen LogP contribution in [0.4, 0.5) is 4.39 Å². The number of halogens is 1. The summed E-state index contributed by atoms with van der Waals surface area (Å²) in [5.41, 5.74) is 0.192. The van der Waals surface area contributed by atoms with Gasteiger partial charge in [-0.25, -0.2) is 14.2 Å². The fraction of sp³-hybridized carbons (Fsp3) is 0.321. The second-order valence-electron chi connectivity index (χ2n) is 8.43. The zero-order valence-corrected chi connectivity index (χ0v) is 21.6. The monoisotopic (exact) mass is 526 g/mol. The first-order valence-electron chi connectivity index (χ1n) is 12.1. The second-order valence-corrected chi connectivity index (χ2v) is 8.43. The van der Waals surface area contributed by atoms with Crippen LogP contribution in [-0.4, -0.2) is 47.8 Å². The van der Waals surface area contributed by atoms with Crippen molar-refractivity contribution in [3.05, 3.63) is 77.9 Å². The largest absolute Gasteiger partial charge is 0.503 e. The van der Waals surface area contributed by atoms with Crippen LogP contribution in [0.3, 0.4) is 0 Å². The smallest absolute Gasteiger partial charge is 0.328 e. The van der Waals surface area contributed by atoms with Crippen molar-refractivity contribution in [1.29, 1.82) is 0 Å². The first kappa shape index (κ1) is 28.2. The summed E-state index contributed by atoms with van der Waals surface area (Å²) in [6, 6.07) is 13.3. The second kappa shape index (κ2) is 13.3. The Morgan fingerprint density at radius 3 is 2.50 bits per heavy atom. The molecule has 0 spiro atoms. The first-order chi connectivity index (χ1) is 18.2. The van der Waals surface area contributed by atoms with E-state index in [2.05, 4.69) is 10.3 Å². The van der Waals surface area contributed by atoms with E-state index in [-0.39, 0.29) is 17.2 Å². The van der Waals surface area contributed by atoms with Crippen LogP contribution >= 0.6 is 0 Å². The van der Waals surface area contributed by atoms with Gasteiger partial charge in [-0.05, 0) is 44.5 Å². The lowest BCUT2D eigenvalue weighted by molar-refractivity contribution is -0.154. The standard InChI is InChI=1S/C28H31FN2O7/c1-5-15-36-23-16-19(29)11-12-21(23)26(38-20-9-7-6-8-10-20)18(3)37-28(34)17(2)31-27(33)24-25(32)22(35-4)13-14-30-24/h6-14,16-18,26,32H,5,15H2,1-4H3,(H,31,33)/t17-,18?,26?/m0/s1. The highest BCUT2D eigenvalue weighted by Crippen LogP contribution is 2.34. The maximum atomic E-state index is 14.0. The van der Waals surface area contributed by atoms with Gasteiger partial charge in [0.2, 0.25) is 0 Å². The van der Waals surface area contributed by atoms with Crippen molar-refractivity contribution in [1.82, 2.24) is 10.3 Å². The number of pyridine rings is 1. The first-order valence-corrected chi connectivity index (χ1v) is 12.1. The summed E-state index contributed by atoms with van der Waals surface area (Å²) in [7, 11) is 1.34. The molecule has 2 unspecified atom stereocenters. The Labute approximate surface area is 220 Å². The number of hydrogen-bond donors (Lipinski definition) is 2. The highest BCUT2D eigenvalue weighted by molar-refractivity contribution is 5.97. The zero-order valence-electron chi connectivity index (χ0n) is 21.6. The van der Waals surface area contributed by atoms with E-state index in [0.29, 0.717) is 24.3 Å². The zero-order chi connectivity index (χ0) is 27.7. The fourth-order valence-electron chi connectivity index (χ4n) is 3.58. The van der Waals surface area contributed by atoms with Crippen LogP contribution in [0.15, 0.2) is 60.8 Å². The molecular weight excluding hydrogens is 495 g/mol. The Balaban J connectivity index is 1.80. The molecule has 3 atom stereocenters. The highest BCUT2D eigenvalue weighted by Gasteiger charge is 2.31. The topological polar surface area (TPSA) is 116 Å². The Morgan fingerprint density at radius 2 is 1.82 bits per heavy atom. The van der Waals surface area contributed by atoms with Gasteiger partial charge < -0.3 is 29.4 Å². The van der Waals surface area contributed by atoms with Gasteiger partial charge in [-0.15, -0.1) is 0 Å². The third-order valence-electron chi connectivity index (χ3n) is 5.50. The highest BCUT2D eigenvalue weighted by atomic mass is 19.1. The van der Waals surface area contributed by atoms with Crippen molar-refractivity contribution in [3.63, 3.8) is 0 Å². The molecule has 1 aromatic heterocycles. The number of rotatable bonds is 12. The van der Waals surface area contributed by atoms with Crippen LogP contribution in [-0.2, 0) is 9.53 Å². The van der Waals surface area contributed by atoms with E-state index in [1.807, 2.05) is 13.0 Å². The molecule has 1 amide bonds. The number of esters is 1. The van der Waals surface area contributed by atoms with E-state index in [4.69, 9.17) is 18.9 Å². The lowest BCUT2D eigenvalue weighted by atomic mass is 10.0. The van der Waals surface area contributed by atoms with E-state index in [1.165, 1.54) is 44.5 Å². The molecule has 3 aromatic rings. The van der Waals surface area contributed by atoms with Crippen molar-refractivity contribution in [3.8, 4) is 23.0 Å². The van der Waals surface area contributed by atoms with Gasteiger partial charge in [0.05, 0.1) is 13.7 Å². The number of nitrogens with zero attached hydrogens (tertiary/aromatic N) is 1. The number of benzene rings is 2. The van der Waals surface area contributed by atoms with Crippen molar-refractivity contribution < 1.29 is 38.0 Å². The number of nitrogens with one attached hydrogen (secondary N) is 1. The minimum atomic E-state index is -1.10. The predicted molar refractivity (Wildman–Crippen MR) is 137 cm³/mol. The van der Waals surface area contributed by atoms with Crippen molar-refractivity contribution in [2.24, 2.45) is 0 Å². The molecule has 0 bridgehead atoms. The molecule has 1 heterocycles. The molecule has 9 nitrogen and oxygen atoms in total. The Hall–Kier alpha value is -4.34. The number of carbonyl (C=O) groups excluding carboxylic acids is 2. The lowest BCUT2D eigenvalue weighted by Crippen LogP contribution is -2.42. The SMILES string of the molecule is CCCOc1cc(F)ccc1C(Oc1ccccc1)C(C)OC(=O)[C@H](C)NC(=O)c1nccc(OC)c1O. The molecule has 0 radical (unpaired) electrons. The van der Waals surface area contributed by atoms with Crippen LogP contribution in [0.2, 0.25) is 0 Å². The Bertz CT molecular complexity index is 1240. The number of carbonyl (C=O) groups is 2. The number of aromatic hydroxyl groups is 1. The maximum Gasteiger partial charge on any atom is 0.328 e. The number of hydrogen-bond acceptors (Lipinski definition) is 8. The van der Waals surface area contributed by atoms with Gasteiger partial charge in [0.15, 0.2) is 23.3 Å². The van der Waals surface area contributed by atoms with E-state index in [1.54, 1.807) is 31.2 Å². The molecule has 38 heavy (non-hydrogen) atoms. The number of para-hydroxylation sites is 1. The third-order valence-corrected chi connectivity index (χ3v) is 5.50. The van der Waals surface area contributed by atoms with E-state index < -0.39 is 41.7 Å². The Morgan fingerprint density at radius 1 is 1.08 bits per heavy atom. The summed E-state index contributed by atoms with van der Waals surface area (Å²) in [6.45, 7) is 5.35. The van der Waals surface area contributed by atoms with E-state index >= 15 is 0 Å². The summed E-state index contributed by atoms with van der Waals surface area (Å²) in [4.78, 5) is 29.4. The molecular formula is C28H31FN2O7. The maximum absolute atomic E-state index is 14.0. The van der Waals surface area contributed by atoms with Crippen LogP contribution in [0, 0.1) is 5.82 Å². The van der Waals surface area contributed by atoms with Gasteiger partial charge in [0, 0.05) is 23.9 Å². The van der Waals surface area contributed by atoms with Crippen LogP contribution < -0.4 is 19.5 Å². The third kappa shape index (κ3) is 7.12. The predicted octanol–water partition coefficient (Wildman–Crippen LogP) is 4.59. The number of amides is 1. The number of aromatic nitrogens is 1. The number of ether oxygens (including phenoxy) is 4. The molecule has 0 aliphatic heterocycles. The summed E-state index contributed by atoms with van der Waals surface area (Å²) in [5, 5.41) is 12.6. The Kier molecular flexibility index (Phi) is 9.86. The molecule has 0 saturated carbocycles. The summed E-state index contributed by atoms with van der Waals surface area (Å²) < 4.78 is 36.6. The van der Waals surface area contributed by atoms with Gasteiger partial charge in [-0.1, -0.05) is 25.1 Å². The fourth-order valence-corrected chi connectivity index (χ4v) is 3.58. The summed E-state index contributed by atoms with van der Waals surface area (Å²) >= 11 is 0. The van der Waals surface area contributed by atoms with E-state index in [0.717, 1.165) is 0 Å². The van der Waals surface area contributed by atoms with Crippen LogP contribution in [0.1, 0.15) is 49.3 Å². The number of methoxy groups -OCH3 is 1. The van der Waals surface area contributed by atoms with Crippen LogP contribution in [0.25, 0.3) is 0 Å². The molecule has 202 valence electrons. The molecule has 0 fully saturated rings. The molecule has 2 aromatic carbocycles.